The van der Waals surface area contributed by atoms with Crippen LogP contribution in [0.25, 0.3) is 0 Å². The van der Waals surface area contributed by atoms with Crippen LogP contribution in [0, 0.1) is 5.41 Å². The van der Waals surface area contributed by atoms with Gasteiger partial charge < -0.3 is 20.7 Å². The minimum absolute atomic E-state index is 0.0217. The van der Waals surface area contributed by atoms with E-state index in [0.717, 1.165) is 12.0 Å². The molecule has 2 aromatic carbocycles. The van der Waals surface area contributed by atoms with Gasteiger partial charge in [0.2, 0.25) is 11.8 Å². The number of primary amides is 1. The summed E-state index contributed by atoms with van der Waals surface area (Å²) < 4.78 is 5.92. The summed E-state index contributed by atoms with van der Waals surface area (Å²) in [5.41, 5.74) is 6.93. The first-order valence-corrected chi connectivity index (χ1v) is 10.5. The van der Waals surface area contributed by atoms with Gasteiger partial charge in [0.25, 0.3) is 5.91 Å². The van der Waals surface area contributed by atoms with Crippen LogP contribution in [0.1, 0.15) is 48.7 Å². The highest BCUT2D eigenvalue weighted by atomic mass is 16.5. The van der Waals surface area contributed by atoms with Crippen molar-refractivity contribution in [1.29, 1.82) is 0 Å². The summed E-state index contributed by atoms with van der Waals surface area (Å²) in [6, 6.07) is 16.1. The first-order chi connectivity index (χ1) is 14.8. The van der Waals surface area contributed by atoms with Crippen LogP contribution in [0.3, 0.4) is 0 Å². The number of amides is 3. The molecule has 7 heteroatoms. The van der Waals surface area contributed by atoms with Crippen LogP contribution >= 0.6 is 0 Å². The molecule has 31 heavy (non-hydrogen) atoms. The predicted octanol–water partition coefficient (Wildman–Crippen LogP) is 2.42. The van der Waals surface area contributed by atoms with Crippen molar-refractivity contribution in [1.82, 2.24) is 10.2 Å². The number of carbonyl (C=O) groups excluding carboxylic acids is 3. The van der Waals surface area contributed by atoms with Crippen molar-refractivity contribution in [2.24, 2.45) is 11.1 Å². The molecule has 0 aromatic heterocycles. The molecule has 0 bridgehead atoms. The summed E-state index contributed by atoms with van der Waals surface area (Å²) in [6.45, 7) is 3.85. The lowest BCUT2D eigenvalue weighted by Gasteiger charge is -2.25. The van der Waals surface area contributed by atoms with Gasteiger partial charge in [-0.05, 0) is 55.0 Å². The van der Waals surface area contributed by atoms with Crippen LogP contribution < -0.4 is 15.8 Å². The Morgan fingerprint density at radius 2 is 1.81 bits per heavy atom. The Hall–Kier alpha value is -3.35. The maximum absolute atomic E-state index is 12.7. The molecule has 2 fully saturated rings. The first-order valence-electron chi connectivity index (χ1n) is 10.5. The van der Waals surface area contributed by atoms with E-state index in [9.17, 15) is 14.4 Å². The molecule has 1 heterocycles. The summed E-state index contributed by atoms with van der Waals surface area (Å²) >= 11 is 0. The normalized spacial score (nSPS) is 24.8. The standard InChI is InChI=1S/C24H27N3O4/c1-15(16-6-4-3-5-7-16)31-18-10-8-17(9-11-18)23(30)26-14-21(28)27-19(22(25)29)12-24(2)13-20(24)27/h3-11,15,19-20H,12-14H2,1-2H3,(H2,25,29)(H,26,30)/t15-,19?,20?,24?/m0/s1. The van der Waals surface area contributed by atoms with E-state index in [0.29, 0.717) is 17.7 Å². The van der Waals surface area contributed by atoms with Crippen LogP contribution in [0.2, 0.25) is 0 Å². The van der Waals surface area contributed by atoms with Crippen molar-refractivity contribution in [2.45, 2.75) is 44.9 Å². The van der Waals surface area contributed by atoms with Gasteiger partial charge in [-0.2, -0.15) is 0 Å². The van der Waals surface area contributed by atoms with Crippen molar-refractivity contribution >= 4 is 17.7 Å². The second-order valence-corrected chi connectivity index (χ2v) is 8.68. The van der Waals surface area contributed by atoms with Crippen LogP contribution in [0.15, 0.2) is 54.6 Å². The van der Waals surface area contributed by atoms with Gasteiger partial charge >= 0.3 is 0 Å². The minimum atomic E-state index is -0.587. The van der Waals surface area contributed by atoms with Crippen molar-refractivity contribution in [3.05, 3.63) is 65.7 Å². The monoisotopic (exact) mass is 421 g/mol. The Balaban J connectivity index is 1.32. The minimum Gasteiger partial charge on any atom is -0.486 e. The van der Waals surface area contributed by atoms with E-state index in [1.165, 1.54) is 0 Å². The lowest BCUT2D eigenvalue weighted by molar-refractivity contribution is -0.137. The van der Waals surface area contributed by atoms with Crippen molar-refractivity contribution in [2.75, 3.05) is 6.54 Å². The quantitative estimate of drug-likeness (QED) is 0.717. The van der Waals surface area contributed by atoms with E-state index < -0.39 is 11.9 Å². The largest absolute Gasteiger partial charge is 0.486 e. The average molecular weight is 421 g/mol. The zero-order chi connectivity index (χ0) is 22.2. The highest BCUT2D eigenvalue weighted by molar-refractivity contribution is 5.97. The van der Waals surface area contributed by atoms with Crippen LogP contribution in [-0.4, -0.2) is 41.2 Å². The molecule has 3 amide bonds. The molecular formula is C24H27N3O4. The molecule has 2 aliphatic rings. The third kappa shape index (κ3) is 4.26. The number of piperidine rings is 1. The van der Waals surface area contributed by atoms with Crippen molar-refractivity contribution < 1.29 is 19.1 Å². The first kappa shape index (κ1) is 20.9. The Kier molecular flexibility index (Phi) is 5.43. The Bertz CT molecular complexity index is 992. The van der Waals surface area contributed by atoms with E-state index in [1.807, 2.05) is 37.3 Å². The maximum Gasteiger partial charge on any atom is 0.251 e. The van der Waals surface area contributed by atoms with E-state index >= 15 is 0 Å². The van der Waals surface area contributed by atoms with E-state index in [1.54, 1.807) is 29.2 Å². The Morgan fingerprint density at radius 3 is 2.45 bits per heavy atom. The number of benzene rings is 2. The highest BCUT2D eigenvalue weighted by Crippen LogP contribution is 2.59. The Labute approximate surface area is 181 Å². The highest BCUT2D eigenvalue weighted by Gasteiger charge is 2.63. The third-order valence-electron chi connectivity index (χ3n) is 6.35. The number of nitrogens with zero attached hydrogens (tertiary/aromatic N) is 1. The zero-order valence-electron chi connectivity index (χ0n) is 17.7. The van der Waals surface area contributed by atoms with Gasteiger partial charge in [-0.1, -0.05) is 37.3 Å². The molecule has 2 aromatic rings. The smallest absolute Gasteiger partial charge is 0.251 e. The number of likely N-dealkylation sites (tertiary alicyclic amines) is 1. The number of hydrogen-bond acceptors (Lipinski definition) is 4. The summed E-state index contributed by atoms with van der Waals surface area (Å²) in [7, 11) is 0. The molecular weight excluding hydrogens is 394 g/mol. The van der Waals surface area contributed by atoms with Crippen LogP contribution in [0.4, 0.5) is 0 Å². The summed E-state index contributed by atoms with van der Waals surface area (Å²) in [4.78, 5) is 38.4. The van der Waals surface area contributed by atoms with Gasteiger partial charge in [0.1, 0.15) is 17.9 Å². The van der Waals surface area contributed by atoms with Gasteiger partial charge in [-0.3, -0.25) is 14.4 Å². The van der Waals surface area contributed by atoms with Crippen molar-refractivity contribution in [3.63, 3.8) is 0 Å². The maximum atomic E-state index is 12.7. The summed E-state index contributed by atoms with van der Waals surface area (Å²) in [5.74, 6) is -0.476. The van der Waals surface area contributed by atoms with Gasteiger partial charge in [0.05, 0.1) is 6.54 Å². The summed E-state index contributed by atoms with van der Waals surface area (Å²) in [5, 5.41) is 2.65. The number of rotatable bonds is 7. The number of ether oxygens (including phenoxy) is 1. The molecule has 7 nitrogen and oxygen atoms in total. The molecule has 1 saturated carbocycles. The van der Waals surface area contributed by atoms with E-state index in [-0.39, 0.29) is 35.9 Å². The molecule has 1 saturated heterocycles. The number of fused-ring (bicyclic) bond motifs is 1. The fourth-order valence-electron chi connectivity index (χ4n) is 4.41. The fraction of sp³-hybridized carbons (Fsp3) is 0.375. The van der Waals surface area contributed by atoms with E-state index in [2.05, 4.69) is 12.2 Å². The SMILES string of the molecule is C[C@H](Oc1ccc(C(=O)NCC(=O)N2C(C(N)=O)CC3(C)CC23)cc1)c1ccccc1. The lowest BCUT2D eigenvalue weighted by atomic mass is 10.0. The molecule has 0 spiro atoms. The topological polar surface area (TPSA) is 102 Å². The summed E-state index contributed by atoms with van der Waals surface area (Å²) in [6.07, 6.45) is 1.35. The number of hydrogen-bond donors (Lipinski definition) is 2. The molecule has 1 aliphatic carbocycles. The van der Waals surface area contributed by atoms with Gasteiger partial charge in [-0.25, -0.2) is 0 Å². The molecule has 3 unspecified atom stereocenters. The van der Waals surface area contributed by atoms with Crippen molar-refractivity contribution in [3.8, 4) is 5.75 Å². The van der Waals surface area contributed by atoms with Gasteiger partial charge in [0, 0.05) is 11.6 Å². The average Bonchev–Trinajstić information content (AvgIpc) is 3.33. The fourth-order valence-corrected chi connectivity index (χ4v) is 4.41. The molecule has 0 radical (unpaired) electrons. The molecule has 162 valence electrons. The Morgan fingerprint density at radius 1 is 1.13 bits per heavy atom. The molecule has 3 N–H and O–H groups in total. The van der Waals surface area contributed by atoms with E-state index in [4.69, 9.17) is 10.5 Å². The second kappa shape index (κ2) is 8.06. The number of nitrogens with two attached hydrogens (primary N) is 1. The van der Waals surface area contributed by atoms with Crippen LogP contribution in [-0.2, 0) is 9.59 Å². The number of nitrogens with one attached hydrogen (secondary N) is 1. The lowest BCUT2D eigenvalue weighted by Crippen LogP contribution is -2.49. The van der Waals surface area contributed by atoms with Crippen LogP contribution in [0.5, 0.6) is 5.75 Å². The van der Waals surface area contributed by atoms with Gasteiger partial charge in [0.15, 0.2) is 0 Å². The molecule has 4 atom stereocenters. The second-order valence-electron chi connectivity index (χ2n) is 8.68. The molecule has 4 rings (SSSR count). The van der Waals surface area contributed by atoms with Gasteiger partial charge in [-0.15, -0.1) is 0 Å². The zero-order valence-corrected chi connectivity index (χ0v) is 17.7. The number of carbonyl (C=O) groups is 3. The predicted molar refractivity (Wildman–Crippen MR) is 115 cm³/mol. The third-order valence-corrected chi connectivity index (χ3v) is 6.35. The molecule has 1 aliphatic heterocycles.